The van der Waals surface area contributed by atoms with Crippen LogP contribution in [0.1, 0.15) is 5.82 Å². The summed E-state index contributed by atoms with van der Waals surface area (Å²) in [5, 5.41) is 0.675. The van der Waals surface area contributed by atoms with E-state index >= 15 is 0 Å². The molecule has 1 atom stereocenters. The molecular formula is C12H12N2O2. The summed E-state index contributed by atoms with van der Waals surface area (Å²) >= 11 is 0. The van der Waals surface area contributed by atoms with Crippen molar-refractivity contribution in [1.82, 2.24) is 9.55 Å². The predicted molar refractivity (Wildman–Crippen MR) is 60.5 cm³/mol. The van der Waals surface area contributed by atoms with Gasteiger partial charge in [-0.05, 0) is 19.1 Å². The maximum absolute atomic E-state index is 12.2. The van der Waals surface area contributed by atoms with Crippen LogP contribution in [0.15, 0.2) is 29.1 Å². The number of epoxide rings is 1. The summed E-state index contributed by atoms with van der Waals surface area (Å²) in [6.07, 6.45) is 0.194. The molecule has 1 aromatic carbocycles. The molecule has 82 valence electrons. The second-order valence-corrected chi connectivity index (χ2v) is 4.05. The maximum Gasteiger partial charge on any atom is 0.261 e. The Labute approximate surface area is 92.5 Å². The Morgan fingerprint density at radius 3 is 3.00 bits per heavy atom. The van der Waals surface area contributed by atoms with Gasteiger partial charge >= 0.3 is 0 Å². The van der Waals surface area contributed by atoms with Crippen molar-refractivity contribution in [3.63, 3.8) is 0 Å². The van der Waals surface area contributed by atoms with Crippen LogP contribution in [0.4, 0.5) is 0 Å². The van der Waals surface area contributed by atoms with Crippen molar-refractivity contribution in [2.45, 2.75) is 19.6 Å². The number of benzene rings is 1. The van der Waals surface area contributed by atoms with Gasteiger partial charge in [-0.2, -0.15) is 0 Å². The van der Waals surface area contributed by atoms with Crippen LogP contribution in [0.3, 0.4) is 0 Å². The number of aromatic nitrogens is 2. The van der Waals surface area contributed by atoms with Crippen molar-refractivity contribution in [2.75, 3.05) is 6.61 Å². The third kappa shape index (κ3) is 1.51. The fraction of sp³-hybridized carbons (Fsp3) is 0.333. The highest BCUT2D eigenvalue weighted by Gasteiger charge is 2.24. The molecule has 0 aliphatic carbocycles. The quantitative estimate of drug-likeness (QED) is 0.706. The van der Waals surface area contributed by atoms with Crippen LogP contribution < -0.4 is 5.56 Å². The highest BCUT2D eigenvalue weighted by molar-refractivity contribution is 5.77. The minimum absolute atomic E-state index is 0.0265. The van der Waals surface area contributed by atoms with Gasteiger partial charge in [-0.15, -0.1) is 0 Å². The third-order valence-electron chi connectivity index (χ3n) is 2.84. The van der Waals surface area contributed by atoms with Gasteiger partial charge in [0.15, 0.2) is 0 Å². The van der Waals surface area contributed by atoms with E-state index in [1.165, 1.54) is 0 Å². The summed E-state index contributed by atoms with van der Waals surface area (Å²) in [5.41, 5.74) is 0.788. The van der Waals surface area contributed by atoms with Gasteiger partial charge in [0.25, 0.3) is 5.56 Å². The predicted octanol–water partition coefficient (Wildman–Crippen LogP) is 1.10. The molecule has 4 nitrogen and oxygen atoms in total. The van der Waals surface area contributed by atoms with Crippen molar-refractivity contribution >= 4 is 10.9 Å². The molecule has 1 unspecified atom stereocenters. The van der Waals surface area contributed by atoms with Crippen molar-refractivity contribution in [3.05, 3.63) is 40.4 Å². The molecule has 2 heterocycles. The van der Waals surface area contributed by atoms with E-state index in [9.17, 15) is 4.79 Å². The van der Waals surface area contributed by atoms with Crippen LogP contribution in [0.5, 0.6) is 0 Å². The highest BCUT2D eigenvalue weighted by Crippen LogP contribution is 2.13. The Balaban J connectivity index is 2.23. The lowest BCUT2D eigenvalue weighted by atomic mass is 10.2. The molecule has 1 aliphatic heterocycles. The lowest BCUT2D eigenvalue weighted by Crippen LogP contribution is -2.25. The summed E-state index contributed by atoms with van der Waals surface area (Å²) < 4.78 is 6.84. The van der Waals surface area contributed by atoms with Gasteiger partial charge in [0.2, 0.25) is 0 Å². The Bertz CT molecular complexity index is 599. The van der Waals surface area contributed by atoms with Crippen molar-refractivity contribution in [1.29, 1.82) is 0 Å². The number of rotatable bonds is 2. The van der Waals surface area contributed by atoms with E-state index in [-0.39, 0.29) is 11.7 Å². The van der Waals surface area contributed by atoms with Crippen LogP contribution in [0, 0.1) is 6.92 Å². The molecule has 3 rings (SSSR count). The van der Waals surface area contributed by atoms with Crippen molar-refractivity contribution in [3.8, 4) is 0 Å². The number of fused-ring (bicyclic) bond motifs is 1. The van der Waals surface area contributed by atoms with Gasteiger partial charge < -0.3 is 4.74 Å². The van der Waals surface area contributed by atoms with E-state index < -0.39 is 0 Å². The largest absolute Gasteiger partial charge is 0.371 e. The second-order valence-electron chi connectivity index (χ2n) is 4.05. The normalized spacial score (nSPS) is 18.9. The molecule has 0 bridgehead atoms. The number of aryl methyl sites for hydroxylation is 1. The van der Waals surface area contributed by atoms with Gasteiger partial charge in [0.1, 0.15) is 5.82 Å². The summed E-state index contributed by atoms with van der Waals surface area (Å²) in [7, 11) is 0. The first-order valence-electron chi connectivity index (χ1n) is 5.33. The van der Waals surface area contributed by atoms with Crippen LogP contribution >= 0.6 is 0 Å². The topological polar surface area (TPSA) is 47.4 Å². The molecular weight excluding hydrogens is 204 g/mol. The molecule has 16 heavy (non-hydrogen) atoms. The first-order valence-corrected chi connectivity index (χ1v) is 5.33. The minimum Gasteiger partial charge on any atom is -0.371 e. The van der Waals surface area contributed by atoms with Crippen molar-refractivity contribution in [2.24, 2.45) is 0 Å². The fourth-order valence-corrected chi connectivity index (χ4v) is 1.87. The average Bonchev–Trinajstić information content (AvgIpc) is 3.08. The number of hydrogen-bond acceptors (Lipinski definition) is 3. The van der Waals surface area contributed by atoms with Crippen molar-refractivity contribution < 1.29 is 4.74 Å². The Morgan fingerprint density at radius 2 is 2.25 bits per heavy atom. The Hall–Kier alpha value is -1.68. The van der Waals surface area contributed by atoms with Gasteiger partial charge in [0, 0.05) is 0 Å². The second kappa shape index (κ2) is 3.42. The molecule has 0 radical (unpaired) electrons. The van der Waals surface area contributed by atoms with Crippen LogP contribution in [0.25, 0.3) is 10.9 Å². The molecule has 1 fully saturated rings. The molecule has 0 spiro atoms. The molecule has 0 saturated carbocycles. The summed E-state index contributed by atoms with van der Waals surface area (Å²) in [6, 6.07) is 7.43. The first kappa shape index (κ1) is 9.54. The molecule has 2 aromatic rings. The molecule has 1 aromatic heterocycles. The number of para-hydroxylation sites is 1. The zero-order valence-electron chi connectivity index (χ0n) is 9.01. The Kier molecular flexibility index (Phi) is 2.04. The zero-order chi connectivity index (χ0) is 11.1. The molecule has 0 N–H and O–H groups in total. The maximum atomic E-state index is 12.2. The van der Waals surface area contributed by atoms with E-state index in [2.05, 4.69) is 4.98 Å². The molecule has 4 heteroatoms. The highest BCUT2D eigenvalue weighted by atomic mass is 16.6. The van der Waals surface area contributed by atoms with Crippen LogP contribution in [-0.2, 0) is 11.3 Å². The van der Waals surface area contributed by atoms with E-state index in [0.29, 0.717) is 11.9 Å². The van der Waals surface area contributed by atoms with E-state index in [1.807, 2.05) is 31.2 Å². The van der Waals surface area contributed by atoms with Gasteiger partial charge in [-0.1, -0.05) is 12.1 Å². The van der Waals surface area contributed by atoms with E-state index in [0.717, 1.165) is 17.9 Å². The number of nitrogens with zero attached hydrogens (tertiary/aromatic N) is 2. The SMILES string of the molecule is Cc1nc2ccccc2c(=O)n1CC1CO1. The first-order chi connectivity index (χ1) is 7.75. The smallest absolute Gasteiger partial charge is 0.261 e. The number of ether oxygens (including phenoxy) is 1. The van der Waals surface area contributed by atoms with E-state index in [4.69, 9.17) is 4.74 Å². The molecule has 1 aliphatic rings. The standard InChI is InChI=1S/C12H12N2O2/c1-8-13-11-5-3-2-4-10(11)12(15)14(8)6-9-7-16-9/h2-5,9H,6-7H2,1H3. The summed E-state index contributed by atoms with van der Waals surface area (Å²) in [4.78, 5) is 16.6. The monoisotopic (exact) mass is 216 g/mol. The average molecular weight is 216 g/mol. The third-order valence-corrected chi connectivity index (χ3v) is 2.84. The lowest BCUT2D eigenvalue weighted by molar-refractivity contribution is 0.377. The Morgan fingerprint density at radius 1 is 1.50 bits per heavy atom. The number of hydrogen-bond donors (Lipinski definition) is 0. The van der Waals surface area contributed by atoms with Gasteiger partial charge in [-0.3, -0.25) is 9.36 Å². The van der Waals surface area contributed by atoms with Gasteiger partial charge in [0.05, 0.1) is 30.2 Å². The molecule has 0 amide bonds. The zero-order valence-corrected chi connectivity index (χ0v) is 9.01. The van der Waals surface area contributed by atoms with Gasteiger partial charge in [-0.25, -0.2) is 4.98 Å². The molecule has 1 saturated heterocycles. The lowest BCUT2D eigenvalue weighted by Gasteiger charge is -2.08. The van der Waals surface area contributed by atoms with Crippen LogP contribution in [-0.4, -0.2) is 22.3 Å². The van der Waals surface area contributed by atoms with E-state index in [1.54, 1.807) is 4.57 Å². The fourth-order valence-electron chi connectivity index (χ4n) is 1.87. The summed E-state index contributed by atoms with van der Waals surface area (Å²) in [5.74, 6) is 0.749. The minimum atomic E-state index is 0.0265. The van der Waals surface area contributed by atoms with Crippen LogP contribution in [0.2, 0.25) is 0 Å². The summed E-state index contributed by atoms with van der Waals surface area (Å²) in [6.45, 7) is 3.22.